The number of hydrogen-bond donors (Lipinski definition) is 1. The van der Waals surface area contributed by atoms with Crippen LogP contribution in [-0.2, 0) is 4.74 Å². The first-order valence-corrected chi connectivity index (χ1v) is 5.68. The Morgan fingerprint density at radius 1 is 1.39 bits per heavy atom. The van der Waals surface area contributed by atoms with E-state index >= 15 is 0 Å². The lowest BCUT2D eigenvalue weighted by atomic mass is 10.1. The van der Waals surface area contributed by atoms with E-state index in [-0.39, 0.29) is 17.6 Å². The van der Waals surface area contributed by atoms with Crippen LogP contribution in [0.1, 0.15) is 17.3 Å². The van der Waals surface area contributed by atoms with Gasteiger partial charge in [0.2, 0.25) is 5.43 Å². The smallest absolute Gasteiger partial charge is 0.343 e. The Balaban J connectivity index is 2.73. The van der Waals surface area contributed by atoms with Crippen molar-refractivity contribution in [3.8, 4) is 0 Å². The maximum absolute atomic E-state index is 12.2. The Morgan fingerprint density at radius 3 is 2.78 bits per heavy atom. The Hall–Kier alpha value is -2.30. The molecule has 0 atom stereocenters. The molecule has 0 bridgehead atoms. The fourth-order valence-electron chi connectivity index (χ4n) is 1.82. The summed E-state index contributed by atoms with van der Waals surface area (Å²) in [5.41, 5.74) is 3.35. The van der Waals surface area contributed by atoms with E-state index in [1.165, 1.54) is 6.20 Å². The van der Waals surface area contributed by atoms with Gasteiger partial charge in [0.05, 0.1) is 12.1 Å². The van der Waals surface area contributed by atoms with E-state index in [1.54, 1.807) is 30.8 Å². The highest BCUT2D eigenvalue weighted by Crippen LogP contribution is 2.10. The number of para-hydroxylation sites is 1. The number of carbonyl (C=O) groups is 1. The number of hydrogen-bond acceptors (Lipinski definition) is 4. The minimum Gasteiger partial charge on any atom is -0.462 e. The molecule has 18 heavy (non-hydrogen) atoms. The topological polar surface area (TPSA) is 60.3 Å². The molecule has 0 fully saturated rings. The largest absolute Gasteiger partial charge is 0.462 e. The van der Waals surface area contributed by atoms with Gasteiger partial charge in [-0.3, -0.25) is 9.47 Å². The van der Waals surface area contributed by atoms with Gasteiger partial charge in [0.25, 0.3) is 0 Å². The van der Waals surface area contributed by atoms with Crippen LogP contribution in [0.25, 0.3) is 10.9 Å². The van der Waals surface area contributed by atoms with E-state index in [4.69, 9.17) is 4.74 Å². The van der Waals surface area contributed by atoms with E-state index in [1.807, 2.05) is 12.1 Å². The Labute approximate surface area is 104 Å². The summed E-state index contributed by atoms with van der Waals surface area (Å²) in [5, 5.41) is 0.484. The van der Waals surface area contributed by atoms with Crippen molar-refractivity contribution in [3.05, 3.63) is 46.2 Å². The molecule has 1 N–H and O–H groups in total. The van der Waals surface area contributed by atoms with Crippen molar-refractivity contribution in [3.63, 3.8) is 0 Å². The molecule has 1 aromatic heterocycles. The number of nitrogens with one attached hydrogen (secondary N) is 1. The third-order valence-corrected chi connectivity index (χ3v) is 2.65. The van der Waals surface area contributed by atoms with Gasteiger partial charge in [-0.2, -0.15) is 0 Å². The molecule has 0 aliphatic heterocycles. The summed E-state index contributed by atoms with van der Waals surface area (Å²) in [6.07, 6.45) is 1.46. The Morgan fingerprint density at radius 2 is 2.11 bits per heavy atom. The zero-order valence-electron chi connectivity index (χ0n) is 10.3. The van der Waals surface area contributed by atoms with Gasteiger partial charge in [0, 0.05) is 18.6 Å². The monoisotopic (exact) mass is 246 g/mol. The van der Waals surface area contributed by atoms with E-state index in [0.717, 1.165) is 5.52 Å². The highest BCUT2D eigenvalue weighted by Gasteiger charge is 2.15. The number of rotatable bonds is 3. The summed E-state index contributed by atoms with van der Waals surface area (Å²) in [6.45, 7) is 1.94. The molecule has 5 nitrogen and oxygen atoms in total. The molecule has 0 amide bonds. The van der Waals surface area contributed by atoms with Crippen molar-refractivity contribution in [1.29, 1.82) is 0 Å². The molecule has 94 valence electrons. The first-order valence-electron chi connectivity index (χ1n) is 5.68. The molecule has 0 aliphatic rings. The zero-order valence-corrected chi connectivity index (χ0v) is 10.3. The average molecular weight is 246 g/mol. The predicted octanol–water partition coefficient (Wildman–Crippen LogP) is 1.35. The molecule has 0 radical (unpaired) electrons. The van der Waals surface area contributed by atoms with Crippen LogP contribution in [0.4, 0.5) is 0 Å². The molecule has 1 aromatic carbocycles. The van der Waals surface area contributed by atoms with Crippen molar-refractivity contribution in [2.24, 2.45) is 0 Å². The summed E-state index contributed by atoms with van der Waals surface area (Å²) in [5.74, 6) is -0.600. The maximum atomic E-state index is 12.2. The average Bonchev–Trinajstić information content (AvgIpc) is 2.40. The summed E-state index contributed by atoms with van der Waals surface area (Å²) in [6, 6.07) is 7.09. The molecule has 0 aliphatic carbocycles. The standard InChI is InChI=1S/C13H14N2O3/c1-3-18-13(17)10-8-15(14-2)11-7-5-4-6-9(11)12(10)16/h4-8,14H,3H2,1-2H3. The number of fused-ring (bicyclic) bond motifs is 1. The van der Waals surface area contributed by atoms with E-state index < -0.39 is 5.97 Å². The van der Waals surface area contributed by atoms with Crippen LogP contribution >= 0.6 is 0 Å². The SMILES string of the molecule is CCOC(=O)c1cn(NC)c2ccccc2c1=O. The Kier molecular flexibility index (Phi) is 3.32. The van der Waals surface area contributed by atoms with Crippen molar-refractivity contribution in [2.45, 2.75) is 6.92 Å². The molecular weight excluding hydrogens is 232 g/mol. The molecule has 1 heterocycles. The van der Waals surface area contributed by atoms with Crippen LogP contribution in [0.15, 0.2) is 35.3 Å². The van der Waals surface area contributed by atoms with Gasteiger partial charge in [-0.15, -0.1) is 0 Å². The predicted molar refractivity (Wildman–Crippen MR) is 69.4 cm³/mol. The molecule has 0 unspecified atom stereocenters. The van der Waals surface area contributed by atoms with E-state index in [9.17, 15) is 9.59 Å². The Bertz CT molecular complexity index is 646. The zero-order chi connectivity index (χ0) is 13.1. The highest BCUT2D eigenvalue weighted by atomic mass is 16.5. The van der Waals surface area contributed by atoms with Crippen LogP contribution < -0.4 is 10.9 Å². The third-order valence-electron chi connectivity index (χ3n) is 2.65. The number of pyridine rings is 1. The number of aromatic nitrogens is 1. The lowest BCUT2D eigenvalue weighted by Crippen LogP contribution is -2.23. The van der Waals surface area contributed by atoms with Crippen LogP contribution in [-0.4, -0.2) is 24.3 Å². The molecule has 2 aromatic rings. The number of ether oxygens (including phenoxy) is 1. The van der Waals surface area contributed by atoms with E-state index in [0.29, 0.717) is 5.39 Å². The lowest BCUT2D eigenvalue weighted by Gasteiger charge is -2.11. The highest BCUT2D eigenvalue weighted by molar-refractivity contribution is 5.93. The fourth-order valence-corrected chi connectivity index (χ4v) is 1.82. The van der Waals surface area contributed by atoms with Crippen LogP contribution in [0, 0.1) is 0 Å². The summed E-state index contributed by atoms with van der Waals surface area (Å²) >= 11 is 0. The lowest BCUT2D eigenvalue weighted by molar-refractivity contribution is 0.0524. The van der Waals surface area contributed by atoms with Crippen molar-refractivity contribution >= 4 is 16.9 Å². The van der Waals surface area contributed by atoms with Crippen LogP contribution in [0.5, 0.6) is 0 Å². The first kappa shape index (κ1) is 12.2. The third kappa shape index (κ3) is 1.95. The van der Waals surface area contributed by atoms with Gasteiger partial charge < -0.3 is 10.2 Å². The van der Waals surface area contributed by atoms with E-state index in [2.05, 4.69) is 5.43 Å². The van der Waals surface area contributed by atoms with Gasteiger partial charge in [-0.25, -0.2) is 4.79 Å². The second kappa shape index (κ2) is 4.91. The normalized spacial score (nSPS) is 10.3. The van der Waals surface area contributed by atoms with Gasteiger partial charge in [-0.05, 0) is 19.1 Å². The minimum atomic E-state index is -0.600. The van der Waals surface area contributed by atoms with Crippen LogP contribution in [0.3, 0.4) is 0 Å². The second-order valence-electron chi connectivity index (χ2n) is 3.70. The minimum absolute atomic E-state index is 0.0323. The molecule has 2 rings (SSSR count). The fraction of sp³-hybridized carbons (Fsp3) is 0.231. The number of esters is 1. The van der Waals surface area contributed by atoms with Gasteiger partial charge in [0.1, 0.15) is 5.56 Å². The summed E-state index contributed by atoms with van der Waals surface area (Å²) in [7, 11) is 1.71. The quantitative estimate of drug-likeness (QED) is 0.830. The van der Waals surface area contributed by atoms with Crippen molar-refractivity contribution in [2.75, 3.05) is 19.1 Å². The van der Waals surface area contributed by atoms with Crippen molar-refractivity contribution in [1.82, 2.24) is 4.68 Å². The molecular formula is C13H14N2O3. The van der Waals surface area contributed by atoms with Gasteiger partial charge in [-0.1, -0.05) is 12.1 Å². The number of benzene rings is 1. The summed E-state index contributed by atoms with van der Waals surface area (Å²) in [4.78, 5) is 23.9. The first-order chi connectivity index (χ1) is 8.69. The van der Waals surface area contributed by atoms with Crippen LogP contribution in [0.2, 0.25) is 0 Å². The molecule has 0 saturated heterocycles. The second-order valence-corrected chi connectivity index (χ2v) is 3.70. The van der Waals surface area contributed by atoms with Gasteiger partial charge >= 0.3 is 5.97 Å². The number of nitrogens with zero attached hydrogens (tertiary/aromatic N) is 1. The maximum Gasteiger partial charge on any atom is 0.343 e. The summed E-state index contributed by atoms with van der Waals surface area (Å²) < 4.78 is 6.51. The van der Waals surface area contributed by atoms with Crippen molar-refractivity contribution < 1.29 is 9.53 Å². The molecule has 5 heteroatoms. The molecule has 0 saturated carbocycles. The number of carbonyl (C=O) groups excluding carboxylic acids is 1. The molecule has 0 spiro atoms. The van der Waals surface area contributed by atoms with Gasteiger partial charge in [0.15, 0.2) is 0 Å².